The van der Waals surface area contributed by atoms with E-state index in [0.29, 0.717) is 0 Å². The Hall–Kier alpha value is -1.92. The van der Waals surface area contributed by atoms with Gasteiger partial charge < -0.3 is 0 Å². The van der Waals surface area contributed by atoms with Gasteiger partial charge in [0.15, 0.2) is 11.6 Å². The molecule has 0 radical (unpaired) electrons. The molecule has 0 unspecified atom stereocenters. The highest BCUT2D eigenvalue weighted by molar-refractivity contribution is 14.1. The van der Waals surface area contributed by atoms with E-state index in [2.05, 4.69) is 46.9 Å². The molecule has 0 aliphatic carbocycles. The van der Waals surface area contributed by atoms with Crippen LogP contribution in [0.3, 0.4) is 0 Å². The van der Waals surface area contributed by atoms with Crippen LogP contribution in [-0.2, 0) is 0 Å². The third-order valence-corrected chi connectivity index (χ3v) is 6.29. The fraction of sp³-hybridized carbons (Fsp3) is 0.231. The Kier molecular flexibility index (Phi) is 8.86. The van der Waals surface area contributed by atoms with E-state index in [1.807, 2.05) is 58.0 Å². The van der Waals surface area contributed by atoms with Crippen molar-refractivity contribution < 1.29 is 9.59 Å². The molecule has 0 fully saturated rings. The molecular formula is C26H27IO2S. The van der Waals surface area contributed by atoms with E-state index < -0.39 is 0 Å². The normalized spacial score (nSPS) is 10.2. The summed E-state index contributed by atoms with van der Waals surface area (Å²) in [6.45, 7) is 11.2. The van der Waals surface area contributed by atoms with Crippen molar-refractivity contribution in [3.63, 3.8) is 0 Å². The van der Waals surface area contributed by atoms with Crippen LogP contribution in [0.1, 0.15) is 56.8 Å². The van der Waals surface area contributed by atoms with Gasteiger partial charge in [0.2, 0.25) is 0 Å². The van der Waals surface area contributed by atoms with Crippen molar-refractivity contribution in [1.82, 2.24) is 0 Å². The highest BCUT2D eigenvalue weighted by atomic mass is 127. The second-order valence-electron chi connectivity index (χ2n) is 7.37. The highest BCUT2D eigenvalue weighted by Crippen LogP contribution is 2.30. The number of Topliss-reactive ketones (excluding diaryl/α,β-unsaturated/α-hetero) is 2. The molecule has 0 saturated heterocycles. The zero-order valence-electron chi connectivity index (χ0n) is 18.3. The third-order valence-electron chi connectivity index (χ3n) is 4.69. The van der Waals surface area contributed by atoms with E-state index in [4.69, 9.17) is 0 Å². The Morgan fingerprint density at radius 2 is 1.07 bits per heavy atom. The number of hydrogen-bond acceptors (Lipinski definition) is 3. The first kappa shape index (κ1) is 24.4. The molecule has 0 amide bonds. The van der Waals surface area contributed by atoms with E-state index in [0.717, 1.165) is 33.4 Å². The lowest BCUT2D eigenvalue weighted by atomic mass is 10.0. The van der Waals surface area contributed by atoms with E-state index in [-0.39, 0.29) is 11.6 Å². The number of benzene rings is 3. The van der Waals surface area contributed by atoms with Gasteiger partial charge in [0.1, 0.15) is 0 Å². The van der Waals surface area contributed by atoms with Gasteiger partial charge in [-0.25, -0.2) is 0 Å². The SMILES string of the molecule is CC(=O)c1c(C)cc(I)cc1C.CC(=O)c1c(C)cc(Sc2ccccc2)cc1C. The minimum Gasteiger partial charge on any atom is -0.294 e. The summed E-state index contributed by atoms with van der Waals surface area (Å²) in [4.78, 5) is 25.1. The Bertz CT molecular complexity index is 1030. The molecule has 3 rings (SSSR count). The van der Waals surface area contributed by atoms with E-state index in [9.17, 15) is 9.59 Å². The zero-order valence-corrected chi connectivity index (χ0v) is 21.3. The monoisotopic (exact) mass is 530 g/mol. The number of rotatable bonds is 4. The third kappa shape index (κ3) is 6.54. The van der Waals surface area contributed by atoms with Crippen molar-refractivity contribution >= 4 is 45.9 Å². The fourth-order valence-corrected chi connectivity index (χ4v) is 5.60. The topological polar surface area (TPSA) is 34.1 Å². The minimum atomic E-state index is 0.140. The van der Waals surface area contributed by atoms with Gasteiger partial charge in [-0.15, -0.1) is 0 Å². The maximum Gasteiger partial charge on any atom is 0.160 e. The number of ketones is 2. The fourth-order valence-electron chi connectivity index (χ4n) is 3.63. The molecule has 0 bridgehead atoms. The van der Waals surface area contributed by atoms with Crippen LogP contribution in [0.15, 0.2) is 64.4 Å². The summed E-state index contributed by atoms with van der Waals surface area (Å²) in [7, 11) is 0. The Labute approximate surface area is 197 Å². The van der Waals surface area contributed by atoms with Crippen LogP contribution in [0.5, 0.6) is 0 Å². The van der Waals surface area contributed by atoms with Gasteiger partial charge in [-0.1, -0.05) is 30.0 Å². The predicted octanol–water partition coefficient (Wildman–Crippen LogP) is 7.77. The average Bonchev–Trinajstić information content (AvgIpc) is 2.61. The highest BCUT2D eigenvalue weighted by Gasteiger charge is 2.10. The van der Waals surface area contributed by atoms with E-state index in [1.54, 1.807) is 25.6 Å². The average molecular weight is 530 g/mol. The summed E-state index contributed by atoms with van der Waals surface area (Å²) >= 11 is 3.98. The number of aryl methyl sites for hydroxylation is 4. The van der Waals surface area contributed by atoms with Gasteiger partial charge in [0.25, 0.3) is 0 Å². The van der Waals surface area contributed by atoms with Crippen molar-refractivity contribution in [2.24, 2.45) is 0 Å². The molecular weight excluding hydrogens is 503 g/mol. The van der Waals surface area contributed by atoms with Gasteiger partial charge in [-0.05, 0) is 123 Å². The van der Waals surface area contributed by atoms with Crippen LogP contribution in [0.4, 0.5) is 0 Å². The van der Waals surface area contributed by atoms with Crippen LogP contribution in [0.25, 0.3) is 0 Å². The number of halogens is 1. The lowest BCUT2D eigenvalue weighted by Crippen LogP contribution is -2.00. The molecule has 0 atom stereocenters. The standard InChI is InChI=1S/C16H16OS.C10H11IO/c1-11-9-15(10-12(2)16(11)13(3)17)18-14-7-5-4-6-8-14;1-6-4-9(11)5-7(2)10(6)8(3)12/h4-10H,1-3H3;4-5H,1-3H3. The van der Waals surface area contributed by atoms with Gasteiger partial charge in [-0.2, -0.15) is 0 Å². The first-order chi connectivity index (χ1) is 14.1. The van der Waals surface area contributed by atoms with Crippen molar-refractivity contribution in [2.75, 3.05) is 0 Å². The largest absolute Gasteiger partial charge is 0.294 e. The van der Waals surface area contributed by atoms with Gasteiger partial charge in [0.05, 0.1) is 0 Å². The van der Waals surface area contributed by atoms with Crippen molar-refractivity contribution in [3.8, 4) is 0 Å². The molecule has 2 nitrogen and oxygen atoms in total. The molecule has 156 valence electrons. The summed E-state index contributed by atoms with van der Waals surface area (Å²) in [5.41, 5.74) is 5.99. The van der Waals surface area contributed by atoms with Crippen molar-refractivity contribution in [1.29, 1.82) is 0 Å². The quantitative estimate of drug-likeness (QED) is 0.255. The second-order valence-corrected chi connectivity index (χ2v) is 9.77. The molecule has 0 spiro atoms. The van der Waals surface area contributed by atoms with E-state index in [1.165, 1.54) is 13.4 Å². The van der Waals surface area contributed by atoms with Gasteiger partial charge in [-0.3, -0.25) is 9.59 Å². The maximum atomic E-state index is 11.5. The number of carbonyl (C=O) groups excluding carboxylic acids is 2. The van der Waals surface area contributed by atoms with Crippen molar-refractivity contribution in [3.05, 3.63) is 91.5 Å². The molecule has 0 aliphatic heterocycles. The Balaban J connectivity index is 0.000000232. The minimum absolute atomic E-state index is 0.140. The number of hydrogen-bond donors (Lipinski definition) is 0. The van der Waals surface area contributed by atoms with Crippen LogP contribution in [-0.4, -0.2) is 11.6 Å². The van der Waals surface area contributed by atoms with Crippen LogP contribution in [0.2, 0.25) is 0 Å². The molecule has 3 aromatic rings. The van der Waals surface area contributed by atoms with Crippen LogP contribution in [0, 0.1) is 31.3 Å². The summed E-state index contributed by atoms with van der Waals surface area (Å²) in [5, 5.41) is 0. The molecule has 0 N–H and O–H groups in total. The first-order valence-corrected chi connectivity index (χ1v) is 11.6. The summed E-state index contributed by atoms with van der Waals surface area (Å²) < 4.78 is 1.19. The summed E-state index contributed by atoms with van der Waals surface area (Å²) in [5.74, 6) is 0.294. The Morgan fingerprint density at radius 1 is 0.667 bits per heavy atom. The summed E-state index contributed by atoms with van der Waals surface area (Å²) in [6, 6.07) is 18.5. The predicted molar refractivity (Wildman–Crippen MR) is 135 cm³/mol. The number of carbonyl (C=O) groups is 2. The first-order valence-electron chi connectivity index (χ1n) is 9.73. The Morgan fingerprint density at radius 3 is 1.47 bits per heavy atom. The summed E-state index contributed by atoms with van der Waals surface area (Å²) in [6.07, 6.45) is 0. The van der Waals surface area contributed by atoms with Crippen LogP contribution >= 0.6 is 34.4 Å². The molecule has 30 heavy (non-hydrogen) atoms. The lowest BCUT2D eigenvalue weighted by molar-refractivity contribution is 0.100. The maximum absolute atomic E-state index is 11.5. The molecule has 0 aromatic heterocycles. The molecule has 0 aliphatic rings. The smallest absolute Gasteiger partial charge is 0.160 e. The van der Waals surface area contributed by atoms with Gasteiger partial charge >= 0.3 is 0 Å². The second kappa shape index (κ2) is 10.9. The molecule has 3 aromatic carbocycles. The lowest BCUT2D eigenvalue weighted by Gasteiger charge is -2.10. The molecule has 4 heteroatoms. The zero-order chi connectivity index (χ0) is 22.4. The van der Waals surface area contributed by atoms with E-state index >= 15 is 0 Å². The van der Waals surface area contributed by atoms with Gasteiger partial charge in [0, 0.05) is 24.5 Å². The van der Waals surface area contributed by atoms with Crippen molar-refractivity contribution in [2.45, 2.75) is 51.3 Å². The molecule has 0 saturated carbocycles. The molecule has 0 heterocycles. The van der Waals surface area contributed by atoms with Crippen LogP contribution < -0.4 is 0 Å².